The molecule has 0 aromatic heterocycles. The van der Waals surface area contributed by atoms with Gasteiger partial charge in [0.1, 0.15) is 57.5 Å². The minimum absolute atomic E-state index is 0.0700. The number of phosphoric ester groups is 2. The van der Waals surface area contributed by atoms with Crippen LogP contribution in [0, 0.1) is 0 Å². The van der Waals surface area contributed by atoms with Crippen molar-refractivity contribution in [2.75, 3.05) is 0 Å². The zero-order valence-corrected chi connectivity index (χ0v) is 52.4. The van der Waals surface area contributed by atoms with Crippen LogP contribution in [0.3, 0.4) is 0 Å². The van der Waals surface area contributed by atoms with Gasteiger partial charge < -0.3 is 47.6 Å². The van der Waals surface area contributed by atoms with E-state index in [1.807, 2.05) is 48.5 Å². The number of hydrogen-bond donors (Lipinski definition) is 4. The third-order valence-corrected chi connectivity index (χ3v) is 16.4. The van der Waals surface area contributed by atoms with E-state index >= 15 is 9.13 Å². The fourth-order valence-corrected chi connectivity index (χ4v) is 11.9. The Morgan fingerprint density at radius 1 is 0.240 bits per heavy atom. The van der Waals surface area contributed by atoms with Gasteiger partial charge in [-0.2, -0.15) is 9.13 Å². The maximum Gasteiger partial charge on any atom is 0.647 e. The van der Waals surface area contributed by atoms with Gasteiger partial charge in [-0.05, 0) is 167 Å². The fourth-order valence-electron chi connectivity index (χ4n) is 9.48. The fraction of sp³-hybridized carbons (Fsp3) is 0. The summed E-state index contributed by atoms with van der Waals surface area (Å²) in [6.45, 7) is 0. The summed E-state index contributed by atoms with van der Waals surface area (Å²) in [5, 5.41) is 41.4. The normalized spacial score (nSPS) is 13.0. The first-order chi connectivity index (χ1) is 46.7. The number of aliphatic imine (C=N–C) groups is 6. The zero-order chi connectivity index (χ0) is 66.1. The van der Waals surface area contributed by atoms with Crippen LogP contribution in [0.25, 0.3) is 10.8 Å². The lowest BCUT2D eigenvalue weighted by atomic mass is 10.1. The van der Waals surface area contributed by atoms with Gasteiger partial charge in [-0.15, -0.1) is 0 Å². The number of rotatable bonds is 24. The minimum Gasteiger partial charge on any atom is -0.508 e. The van der Waals surface area contributed by atoms with Gasteiger partial charge in [-0.3, -0.25) is 30.0 Å². The Bertz CT molecular complexity index is 4570. The maximum absolute atomic E-state index is 15.0. The molecule has 0 saturated heterocycles. The Kier molecular flexibility index (Phi) is 19.7. The third-order valence-electron chi connectivity index (χ3n) is 13.8. The first-order valence-electron chi connectivity index (χ1n) is 29.7. The molecular formula is C76H56N6O12P2. The molecule has 0 amide bonds. The van der Waals surface area contributed by atoms with Crippen LogP contribution in [-0.2, 0) is 9.13 Å². The van der Waals surface area contributed by atoms with Crippen LogP contribution in [-0.4, -0.2) is 57.7 Å². The lowest BCUT2D eigenvalue weighted by Crippen LogP contribution is -2.08. The summed E-state index contributed by atoms with van der Waals surface area (Å²) in [5.41, 5.74) is 6.94. The molecule has 96 heavy (non-hydrogen) atoms. The molecule has 0 aliphatic rings. The van der Waals surface area contributed by atoms with Crippen LogP contribution in [0.1, 0.15) is 33.4 Å². The van der Waals surface area contributed by atoms with Crippen molar-refractivity contribution >= 4 is 97.8 Å². The predicted molar refractivity (Wildman–Crippen MR) is 378 cm³/mol. The molecule has 472 valence electrons. The summed E-state index contributed by atoms with van der Waals surface area (Å²) in [6.07, 6.45) is 9.62. The number of fused-ring (bicyclic) bond motifs is 1. The van der Waals surface area contributed by atoms with Gasteiger partial charge in [-0.25, -0.2) is 0 Å². The van der Waals surface area contributed by atoms with Crippen LogP contribution in [0.2, 0.25) is 0 Å². The molecule has 12 aromatic rings. The van der Waals surface area contributed by atoms with Crippen molar-refractivity contribution < 1.29 is 56.7 Å². The molecule has 0 fully saturated rings. The Morgan fingerprint density at radius 3 is 0.677 bits per heavy atom. The van der Waals surface area contributed by atoms with Gasteiger partial charge in [-0.1, -0.05) is 121 Å². The molecule has 0 aliphatic carbocycles. The first kappa shape index (κ1) is 63.5. The number of aromatic hydroxyl groups is 4. The highest BCUT2D eigenvalue weighted by molar-refractivity contribution is 7.50. The second-order valence-corrected chi connectivity index (χ2v) is 24.0. The smallest absolute Gasteiger partial charge is 0.508 e. The molecule has 18 nitrogen and oxygen atoms in total. The Hall–Kier alpha value is -12.6. The minimum atomic E-state index is -4.58. The quantitative estimate of drug-likeness (QED) is 0.0326. The summed E-state index contributed by atoms with van der Waals surface area (Å²) >= 11 is 0. The average Bonchev–Trinajstić information content (AvgIpc) is 0.881. The zero-order valence-electron chi connectivity index (χ0n) is 50.7. The van der Waals surface area contributed by atoms with E-state index in [0.717, 1.165) is 10.8 Å². The van der Waals surface area contributed by atoms with E-state index in [1.165, 1.54) is 24.3 Å². The number of phenolic OH excluding ortho intramolecular Hbond substituents is 4. The van der Waals surface area contributed by atoms with Gasteiger partial charge in [0.2, 0.25) is 0 Å². The first-order valence-corrected chi connectivity index (χ1v) is 32.6. The predicted octanol–water partition coefficient (Wildman–Crippen LogP) is 19.5. The molecule has 12 rings (SSSR count). The summed E-state index contributed by atoms with van der Waals surface area (Å²) in [7, 11) is -9.16. The molecule has 0 bridgehead atoms. The number of benzene rings is 12. The summed E-state index contributed by atoms with van der Waals surface area (Å²) < 4.78 is 67.1. The molecule has 0 spiro atoms. The molecule has 12 aromatic carbocycles. The van der Waals surface area contributed by atoms with Crippen molar-refractivity contribution in [1.29, 1.82) is 0 Å². The van der Waals surface area contributed by atoms with Crippen molar-refractivity contribution in [1.82, 2.24) is 0 Å². The number of nitrogens with zero attached hydrogens (tertiary/aromatic N) is 6. The summed E-state index contributed by atoms with van der Waals surface area (Å²) in [5.74, 6) is 1.20. The lowest BCUT2D eigenvalue weighted by molar-refractivity contribution is 0.296. The molecule has 0 aliphatic heterocycles. The highest BCUT2D eigenvalue weighted by Crippen LogP contribution is 2.52. The van der Waals surface area contributed by atoms with Crippen molar-refractivity contribution in [3.05, 3.63) is 312 Å². The van der Waals surface area contributed by atoms with Gasteiger partial charge in [0.15, 0.2) is 0 Å². The van der Waals surface area contributed by atoms with Gasteiger partial charge in [0.25, 0.3) is 0 Å². The van der Waals surface area contributed by atoms with E-state index < -0.39 is 15.6 Å². The van der Waals surface area contributed by atoms with E-state index in [0.29, 0.717) is 67.5 Å². The number of phosphoric acid groups is 2. The molecule has 4 N–H and O–H groups in total. The van der Waals surface area contributed by atoms with Gasteiger partial charge >= 0.3 is 15.6 Å². The Labute approximate surface area is 551 Å². The third kappa shape index (κ3) is 17.9. The largest absolute Gasteiger partial charge is 0.647 e. The second kappa shape index (κ2) is 29.8. The molecule has 0 atom stereocenters. The van der Waals surface area contributed by atoms with E-state index in [-0.39, 0.29) is 57.5 Å². The number of phenols is 4. The number of hydrogen-bond acceptors (Lipinski definition) is 18. The molecule has 0 radical (unpaired) electrons. The standard InChI is InChI=1S/C76H56N6O12P2/c83-63-23-7-19-59(43-63)77-47-53-13-1-27-67(37-53)89-95(87,90-68-28-2-14-54(38-68)48-78-60-20-8-24-64(84)44-60)93-71-31-5-17-57(41-71)51-81-75-35-11-34-74-73(75)33-12-36-76(74)82-52-58-18-6-32-72(42-58)94-96(88,91-69-29-3-15-55(39-69)49-79-61-21-9-25-65(85)45-61)92-70-30-4-16-56(40-70)50-80-62-22-10-26-66(86)46-62/h1-52,83-86H. The van der Waals surface area contributed by atoms with E-state index in [4.69, 9.17) is 37.1 Å². The van der Waals surface area contributed by atoms with Crippen molar-refractivity contribution in [3.8, 4) is 57.5 Å². The highest BCUT2D eigenvalue weighted by atomic mass is 31.2. The average molecular weight is 1310 g/mol. The molecular weight excluding hydrogens is 1250 g/mol. The second-order valence-electron chi connectivity index (χ2n) is 21.2. The van der Waals surface area contributed by atoms with Crippen LogP contribution in [0.15, 0.2) is 309 Å². The van der Waals surface area contributed by atoms with Crippen LogP contribution in [0.5, 0.6) is 57.5 Å². The highest BCUT2D eigenvalue weighted by Gasteiger charge is 2.35. The van der Waals surface area contributed by atoms with Crippen LogP contribution >= 0.6 is 15.6 Å². The Balaban J connectivity index is 0.775. The van der Waals surface area contributed by atoms with Crippen molar-refractivity contribution in [2.45, 2.75) is 0 Å². The molecule has 0 saturated carbocycles. The summed E-state index contributed by atoms with van der Waals surface area (Å²) in [4.78, 5) is 27.6. The van der Waals surface area contributed by atoms with E-state index in [2.05, 4.69) is 20.0 Å². The van der Waals surface area contributed by atoms with Gasteiger partial charge in [0, 0.05) is 72.3 Å². The van der Waals surface area contributed by atoms with Crippen molar-refractivity contribution in [2.24, 2.45) is 30.0 Å². The lowest BCUT2D eigenvalue weighted by Gasteiger charge is -2.20. The SMILES string of the molecule is O=P(Oc1cccc(C=Nc2cccc(O)c2)c1)(Oc1cccc(C=Nc2cccc(O)c2)c1)Oc1cccc(C=Nc2cccc3c(N=Cc4cccc(OP(=O)(Oc5cccc(C=Nc6cccc(O)c6)c5)Oc5cccc(C=Nc6cccc(O)c6)c5)c4)cccc23)c1. The van der Waals surface area contributed by atoms with E-state index in [1.54, 1.807) is 244 Å². The van der Waals surface area contributed by atoms with E-state index in [9.17, 15) is 20.4 Å². The maximum atomic E-state index is 15.0. The molecule has 0 heterocycles. The summed E-state index contributed by atoms with van der Waals surface area (Å²) in [6, 6.07) is 77.9. The van der Waals surface area contributed by atoms with Crippen molar-refractivity contribution in [3.63, 3.8) is 0 Å². The molecule has 0 unspecified atom stereocenters. The monoisotopic (exact) mass is 1310 g/mol. The van der Waals surface area contributed by atoms with Gasteiger partial charge in [0.05, 0.1) is 34.1 Å². The van der Waals surface area contributed by atoms with Crippen LogP contribution in [0.4, 0.5) is 34.1 Å². The topological polar surface area (TPSA) is 245 Å². The van der Waals surface area contributed by atoms with Crippen LogP contribution < -0.4 is 27.1 Å². The Morgan fingerprint density at radius 2 is 0.448 bits per heavy atom. The molecule has 20 heteroatoms.